The van der Waals surface area contributed by atoms with Crippen LogP contribution in [0.15, 0.2) is 130 Å². The van der Waals surface area contributed by atoms with Crippen LogP contribution in [0, 0.1) is 20.9 Å². The topological polar surface area (TPSA) is 43.1 Å². The van der Waals surface area contributed by atoms with E-state index in [1.54, 1.807) is 0 Å². The molecule has 43 heavy (non-hydrogen) atoms. The molecule has 2 rings (SSSR count). The van der Waals surface area contributed by atoms with Crippen LogP contribution in [0.3, 0.4) is 0 Å². The Bertz CT molecular complexity index is 1360. The van der Waals surface area contributed by atoms with Crippen LogP contribution >= 0.6 is 0 Å². The maximum Gasteiger partial charge on any atom is 0.234 e. The summed E-state index contributed by atoms with van der Waals surface area (Å²) in [5.74, 6) is 0. The minimum absolute atomic E-state index is 0.0479. The van der Waals surface area contributed by atoms with Gasteiger partial charge in [0.1, 0.15) is 0 Å². The van der Waals surface area contributed by atoms with Gasteiger partial charge in [-0.15, -0.1) is 0 Å². The molecule has 0 saturated heterocycles. The number of rotatable bonds is 11. The van der Waals surface area contributed by atoms with Crippen LogP contribution in [0.2, 0.25) is 0 Å². The predicted octanol–water partition coefficient (Wildman–Crippen LogP) is 11.9. The normalized spacial score (nSPS) is 22.9. The molecule has 0 aromatic heterocycles. The summed E-state index contributed by atoms with van der Waals surface area (Å²) < 4.78 is 0. The molecule has 1 atom stereocenters. The van der Waals surface area contributed by atoms with Crippen molar-refractivity contribution in [2.24, 2.45) is 10.8 Å². The third-order valence-corrected chi connectivity index (χ3v) is 8.79. The van der Waals surface area contributed by atoms with Gasteiger partial charge in [0, 0.05) is 16.9 Å². The van der Waals surface area contributed by atoms with Gasteiger partial charge in [-0.25, -0.2) is 0 Å². The summed E-state index contributed by atoms with van der Waals surface area (Å²) in [6.45, 7) is 21.7. The average molecular weight is 582 g/mol. The lowest BCUT2D eigenvalue weighted by Gasteiger charge is -2.34. The van der Waals surface area contributed by atoms with Gasteiger partial charge < -0.3 is 0 Å². The Kier molecular flexibility index (Phi) is 13.6. The molecule has 0 fully saturated rings. The second-order valence-corrected chi connectivity index (χ2v) is 13.7. The summed E-state index contributed by atoms with van der Waals surface area (Å²) in [6.07, 6.45) is 34.9. The Hall–Kier alpha value is -3.46. The number of nitro groups is 1. The molecule has 0 aliphatic heterocycles. The summed E-state index contributed by atoms with van der Waals surface area (Å²) in [7, 11) is 0. The van der Waals surface area contributed by atoms with Crippen molar-refractivity contribution in [2.45, 2.75) is 107 Å². The lowest BCUT2D eigenvalue weighted by atomic mass is 9.71. The van der Waals surface area contributed by atoms with Gasteiger partial charge in [-0.3, -0.25) is 10.1 Å². The first-order valence-corrected chi connectivity index (χ1v) is 15.8. The summed E-state index contributed by atoms with van der Waals surface area (Å²) in [6, 6.07) is -0.567. The van der Waals surface area contributed by atoms with Gasteiger partial charge in [0.2, 0.25) is 6.04 Å². The zero-order valence-electron chi connectivity index (χ0n) is 28.5. The Morgan fingerprint density at radius 1 is 0.698 bits per heavy atom. The monoisotopic (exact) mass is 581 g/mol. The highest BCUT2D eigenvalue weighted by Gasteiger charge is 2.37. The van der Waals surface area contributed by atoms with E-state index in [4.69, 9.17) is 0 Å². The van der Waals surface area contributed by atoms with Crippen molar-refractivity contribution >= 4 is 0 Å². The van der Waals surface area contributed by atoms with Crippen molar-refractivity contribution in [3.8, 4) is 0 Å². The summed E-state index contributed by atoms with van der Waals surface area (Å²) >= 11 is 0. The molecule has 3 nitrogen and oxygen atoms in total. The van der Waals surface area contributed by atoms with E-state index in [-0.39, 0.29) is 15.8 Å². The predicted molar refractivity (Wildman–Crippen MR) is 188 cm³/mol. The Balaban J connectivity index is 1.93. The van der Waals surface area contributed by atoms with Crippen LogP contribution < -0.4 is 0 Å². The smallest absolute Gasteiger partial charge is 0.234 e. The fourth-order valence-electron chi connectivity index (χ4n) is 5.96. The van der Waals surface area contributed by atoms with Crippen LogP contribution in [0.5, 0.6) is 0 Å². The van der Waals surface area contributed by atoms with Crippen LogP contribution in [0.4, 0.5) is 0 Å². The van der Waals surface area contributed by atoms with Crippen molar-refractivity contribution in [3.63, 3.8) is 0 Å². The van der Waals surface area contributed by atoms with Gasteiger partial charge in [0.15, 0.2) is 0 Å². The fourth-order valence-corrected chi connectivity index (χ4v) is 5.96. The molecular weight excluding hydrogens is 526 g/mol. The molecule has 0 heterocycles. The van der Waals surface area contributed by atoms with Crippen molar-refractivity contribution in [1.29, 1.82) is 0 Å². The lowest BCUT2D eigenvalue weighted by molar-refractivity contribution is -0.514. The number of hydrogen-bond acceptors (Lipinski definition) is 2. The standard InChI is InChI=1S/C40H55NO2/c1-30(18-13-20-32(3)23-25-36-34(5)22-15-28-39(36,7)8)16-11-12-17-31(2)19-14-21-33(4)24-26-37-35(6)38(41(42)43)27-29-40(37,9)10/h11-14,16-21,23-26,38H,15,22,27-29H2,1-10H3/b12-11+,18-13+,19-14+,25-23+,26-24+,30-16+,31-17+,32-20+,33-21+. The third-order valence-electron chi connectivity index (χ3n) is 8.79. The fraction of sp³-hybridized carbons (Fsp3) is 0.450. The van der Waals surface area contributed by atoms with E-state index >= 15 is 0 Å². The molecule has 0 bridgehead atoms. The van der Waals surface area contributed by atoms with Gasteiger partial charge in [0.05, 0.1) is 0 Å². The molecule has 0 aromatic carbocycles. The van der Waals surface area contributed by atoms with Crippen LogP contribution in [-0.2, 0) is 0 Å². The average Bonchev–Trinajstić information content (AvgIpc) is 2.89. The zero-order valence-corrected chi connectivity index (χ0v) is 28.5. The highest BCUT2D eigenvalue weighted by Crippen LogP contribution is 2.42. The number of hydrogen-bond donors (Lipinski definition) is 0. The van der Waals surface area contributed by atoms with Crippen molar-refractivity contribution < 1.29 is 4.92 Å². The van der Waals surface area contributed by atoms with E-state index in [0.29, 0.717) is 6.42 Å². The van der Waals surface area contributed by atoms with Gasteiger partial charge in [-0.2, -0.15) is 0 Å². The highest BCUT2D eigenvalue weighted by molar-refractivity contribution is 5.39. The highest BCUT2D eigenvalue weighted by atomic mass is 16.6. The van der Waals surface area contributed by atoms with E-state index < -0.39 is 6.04 Å². The molecule has 0 saturated carbocycles. The van der Waals surface area contributed by atoms with E-state index in [9.17, 15) is 10.1 Å². The van der Waals surface area contributed by atoms with Crippen molar-refractivity contribution in [1.82, 2.24) is 0 Å². The second kappa shape index (κ2) is 16.4. The Morgan fingerprint density at radius 2 is 1.14 bits per heavy atom. The summed E-state index contributed by atoms with van der Waals surface area (Å²) in [5.41, 5.74) is 9.93. The quantitative estimate of drug-likeness (QED) is 0.138. The van der Waals surface area contributed by atoms with E-state index in [1.165, 1.54) is 41.6 Å². The lowest BCUT2D eigenvalue weighted by Crippen LogP contribution is -2.32. The van der Waals surface area contributed by atoms with E-state index in [0.717, 1.165) is 28.7 Å². The summed E-state index contributed by atoms with van der Waals surface area (Å²) in [5, 5.41) is 11.4. The molecule has 0 aromatic rings. The first kappa shape index (κ1) is 35.7. The third kappa shape index (κ3) is 11.6. The Labute approximate surface area is 262 Å². The van der Waals surface area contributed by atoms with Gasteiger partial charge in [-0.05, 0) is 89.2 Å². The van der Waals surface area contributed by atoms with Crippen molar-refractivity contribution in [2.75, 3.05) is 0 Å². The molecule has 0 amide bonds. The maximum atomic E-state index is 11.4. The van der Waals surface area contributed by atoms with Gasteiger partial charge in [-0.1, -0.05) is 141 Å². The van der Waals surface area contributed by atoms with Crippen LogP contribution in [-0.4, -0.2) is 11.0 Å². The maximum absolute atomic E-state index is 11.4. The minimum Gasteiger partial charge on any atom is -0.264 e. The molecule has 2 aliphatic carbocycles. The molecule has 232 valence electrons. The van der Waals surface area contributed by atoms with Crippen LogP contribution in [0.25, 0.3) is 0 Å². The first-order valence-electron chi connectivity index (χ1n) is 15.8. The second-order valence-electron chi connectivity index (χ2n) is 13.7. The number of nitrogens with zero attached hydrogens (tertiary/aromatic N) is 1. The molecule has 0 N–H and O–H groups in total. The molecule has 0 radical (unpaired) electrons. The number of allylic oxidation sites excluding steroid dienone is 21. The Morgan fingerprint density at radius 3 is 1.63 bits per heavy atom. The first-order chi connectivity index (χ1) is 20.1. The molecule has 1 unspecified atom stereocenters. The van der Waals surface area contributed by atoms with E-state index in [2.05, 4.69) is 141 Å². The van der Waals surface area contributed by atoms with E-state index in [1.807, 2.05) is 13.0 Å². The molecular formula is C40H55NO2. The molecule has 2 aliphatic rings. The molecule has 3 heteroatoms. The minimum atomic E-state index is -0.567. The SMILES string of the molecule is CC1=C(/C=C/C(C)=C/C=C/C(C)=C/C=C/C=C(C)/C=C/C=C(C)/C=C/C2=C(C)C([N+](=O)[O-])CCC2(C)C)C(C)(C)CCC1. The van der Waals surface area contributed by atoms with Gasteiger partial charge in [0.25, 0.3) is 0 Å². The largest absolute Gasteiger partial charge is 0.264 e. The molecule has 0 spiro atoms. The van der Waals surface area contributed by atoms with Gasteiger partial charge >= 0.3 is 0 Å². The van der Waals surface area contributed by atoms with Crippen molar-refractivity contribution in [3.05, 3.63) is 140 Å². The zero-order chi connectivity index (χ0) is 32.2. The van der Waals surface area contributed by atoms with Crippen LogP contribution in [0.1, 0.15) is 101 Å². The summed E-state index contributed by atoms with van der Waals surface area (Å²) in [4.78, 5) is 11.3.